The van der Waals surface area contributed by atoms with Crippen LogP contribution in [0, 0.1) is 5.82 Å². The number of rotatable bonds is 5. The van der Waals surface area contributed by atoms with Crippen LogP contribution in [0.1, 0.15) is 19.4 Å². The molecule has 0 aliphatic carbocycles. The predicted octanol–water partition coefficient (Wildman–Crippen LogP) is 4.43. The molecule has 3 atom stereocenters. The monoisotopic (exact) mass is 606 g/mol. The van der Waals surface area contributed by atoms with Crippen molar-refractivity contribution in [2.75, 3.05) is 13.7 Å². The summed E-state index contributed by atoms with van der Waals surface area (Å²) < 4.78 is 96.1. The SMILES string of the molecule is CN=[S@@]1(=O)C(OC(=O)C(F)(F)F)[C@@](CF)(c2cc(-c3cc(-c4ncc(Cl)cn4)no3)ccc2F)N=C(N)C1(C)C. The van der Waals surface area contributed by atoms with Crippen molar-refractivity contribution >= 4 is 33.1 Å². The summed E-state index contributed by atoms with van der Waals surface area (Å²) in [6, 6.07) is 4.40. The maximum atomic E-state index is 15.4. The number of nitrogens with two attached hydrogens (primary N) is 1. The highest BCUT2D eigenvalue weighted by Gasteiger charge is 2.61. The van der Waals surface area contributed by atoms with Gasteiger partial charge in [0.1, 0.15) is 32.8 Å². The minimum absolute atomic E-state index is 0.0124. The zero-order chi connectivity index (χ0) is 29.7. The fraction of sp³-hybridized carbons (Fsp3) is 0.348. The van der Waals surface area contributed by atoms with E-state index in [1.807, 2.05) is 0 Å². The first-order valence-corrected chi connectivity index (χ1v) is 13.1. The number of ether oxygens (including phenoxy) is 1. The zero-order valence-electron chi connectivity index (χ0n) is 20.9. The van der Waals surface area contributed by atoms with Gasteiger partial charge in [0, 0.05) is 36.6 Å². The number of hydrogen-bond donors (Lipinski definition) is 1. The van der Waals surface area contributed by atoms with Crippen LogP contribution in [0.4, 0.5) is 22.0 Å². The Hall–Kier alpha value is -3.66. The molecule has 1 aromatic carbocycles. The predicted molar refractivity (Wildman–Crippen MR) is 134 cm³/mol. The van der Waals surface area contributed by atoms with Crippen LogP contribution in [-0.4, -0.2) is 61.2 Å². The Morgan fingerprint density at radius 3 is 2.48 bits per heavy atom. The molecule has 1 aliphatic rings. The van der Waals surface area contributed by atoms with E-state index in [9.17, 15) is 22.2 Å². The summed E-state index contributed by atoms with van der Waals surface area (Å²) >= 11 is 5.78. The van der Waals surface area contributed by atoms with E-state index in [2.05, 4.69) is 29.2 Å². The van der Waals surface area contributed by atoms with Crippen molar-refractivity contribution in [3.8, 4) is 22.8 Å². The molecule has 2 aromatic heterocycles. The van der Waals surface area contributed by atoms with Crippen molar-refractivity contribution in [1.82, 2.24) is 15.1 Å². The first-order valence-electron chi connectivity index (χ1n) is 11.2. The molecule has 40 heavy (non-hydrogen) atoms. The van der Waals surface area contributed by atoms with E-state index in [0.29, 0.717) is 0 Å². The van der Waals surface area contributed by atoms with Crippen LogP contribution >= 0.6 is 11.6 Å². The largest absolute Gasteiger partial charge is 0.490 e. The van der Waals surface area contributed by atoms with E-state index >= 15 is 8.78 Å². The summed E-state index contributed by atoms with van der Waals surface area (Å²) in [5.41, 5.74) is 0.133. The third-order valence-corrected chi connectivity index (χ3v) is 9.82. The molecular formula is C23H20ClF5N6O4S. The Labute approximate surface area is 229 Å². The number of amidine groups is 1. The summed E-state index contributed by atoms with van der Waals surface area (Å²) in [7, 11) is -3.22. The van der Waals surface area contributed by atoms with E-state index < -0.39 is 61.5 Å². The molecule has 0 radical (unpaired) electrons. The zero-order valence-corrected chi connectivity index (χ0v) is 22.4. The van der Waals surface area contributed by atoms with E-state index in [1.165, 1.54) is 38.4 Å². The van der Waals surface area contributed by atoms with Gasteiger partial charge in [-0.15, -0.1) is 0 Å². The molecule has 4 rings (SSSR count). The minimum atomic E-state index is -5.56. The number of halogens is 6. The molecule has 0 amide bonds. The molecule has 3 heterocycles. The summed E-state index contributed by atoms with van der Waals surface area (Å²) in [6.45, 7) is 0.672. The van der Waals surface area contributed by atoms with Gasteiger partial charge in [0.15, 0.2) is 22.8 Å². The average molecular weight is 607 g/mol. The summed E-state index contributed by atoms with van der Waals surface area (Å²) in [5, 5.41) is 4.09. The van der Waals surface area contributed by atoms with Crippen molar-refractivity contribution in [2.24, 2.45) is 15.1 Å². The summed E-state index contributed by atoms with van der Waals surface area (Å²) in [6.07, 6.45) is -2.94. The number of nitrogens with zero attached hydrogens (tertiary/aromatic N) is 5. The molecule has 3 aromatic rings. The average Bonchev–Trinajstić information content (AvgIpc) is 3.39. The van der Waals surface area contributed by atoms with Crippen molar-refractivity contribution < 1.29 is 40.2 Å². The van der Waals surface area contributed by atoms with Gasteiger partial charge in [-0.05, 0) is 32.0 Å². The van der Waals surface area contributed by atoms with Crippen molar-refractivity contribution in [1.29, 1.82) is 0 Å². The van der Waals surface area contributed by atoms with Gasteiger partial charge < -0.3 is 15.0 Å². The first kappa shape index (κ1) is 29.3. The van der Waals surface area contributed by atoms with Crippen LogP contribution in [0.25, 0.3) is 22.8 Å². The highest BCUT2D eigenvalue weighted by Crippen LogP contribution is 2.46. The first-order chi connectivity index (χ1) is 18.6. The number of alkyl halides is 4. The van der Waals surface area contributed by atoms with Gasteiger partial charge in [0.05, 0.1) is 5.02 Å². The third-order valence-electron chi connectivity index (χ3n) is 6.35. The maximum absolute atomic E-state index is 15.4. The minimum Gasteiger partial charge on any atom is -0.438 e. The molecule has 0 saturated carbocycles. The number of aliphatic imine (C=N–C) groups is 1. The van der Waals surface area contributed by atoms with Crippen molar-refractivity contribution in [3.63, 3.8) is 0 Å². The molecular weight excluding hydrogens is 587 g/mol. The number of aromatic nitrogens is 3. The number of carbonyl (C=O) groups excluding carboxylic acids is 1. The molecule has 0 fully saturated rings. The van der Waals surface area contributed by atoms with Crippen LogP contribution in [0.3, 0.4) is 0 Å². The fourth-order valence-electron chi connectivity index (χ4n) is 4.06. The molecule has 214 valence electrons. The molecule has 0 bridgehead atoms. The lowest BCUT2D eigenvalue weighted by atomic mass is 9.89. The number of benzene rings is 1. The van der Waals surface area contributed by atoms with Crippen LogP contribution in [0.2, 0.25) is 5.02 Å². The number of esters is 1. The standard InChI is InChI=1S/C23H20ClF5N6O4S/c1-21(2)18(30)34-22(10-25,20(40(21,37)31-3)38-19(36)23(27,28)29)13-6-11(4-5-14(13)26)16-7-15(35-39-16)17-32-8-12(24)9-33-17/h4-9,20H,10H2,1-3H3,(H2,30,34)/t20?,22-,40-/m1/s1. The van der Waals surface area contributed by atoms with Crippen LogP contribution in [-0.2, 0) is 24.8 Å². The molecule has 17 heteroatoms. The lowest BCUT2D eigenvalue weighted by molar-refractivity contribution is -0.204. The fourth-order valence-corrected chi connectivity index (χ4v) is 6.67. The maximum Gasteiger partial charge on any atom is 0.490 e. The Morgan fingerprint density at radius 1 is 1.25 bits per heavy atom. The van der Waals surface area contributed by atoms with Gasteiger partial charge in [-0.2, -0.15) is 13.2 Å². The smallest absolute Gasteiger partial charge is 0.438 e. The Kier molecular flexibility index (Phi) is 7.38. The van der Waals surface area contributed by atoms with Crippen LogP contribution < -0.4 is 5.73 Å². The topological polar surface area (TPSA) is 146 Å². The van der Waals surface area contributed by atoms with E-state index in [1.54, 1.807) is 0 Å². The lowest BCUT2D eigenvalue weighted by Crippen LogP contribution is -2.63. The van der Waals surface area contributed by atoms with Gasteiger partial charge in [-0.1, -0.05) is 16.8 Å². The van der Waals surface area contributed by atoms with Crippen molar-refractivity contribution in [2.45, 2.75) is 35.7 Å². The second-order valence-electron chi connectivity index (χ2n) is 9.05. The molecule has 0 spiro atoms. The highest BCUT2D eigenvalue weighted by atomic mass is 35.5. The molecule has 10 nitrogen and oxygen atoms in total. The van der Waals surface area contributed by atoms with E-state index in [-0.39, 0.29) is 27.9 Å². The normalized spacial score (nSPS) is 24.3. The second kappa shape index (κ2) is 10.1. The van der Waals surface area contributed by atoms with Gasteiger partial charge in [0.25, 0.3) is 0 Å². The van der Waals surface area contributed by atoms with Gasteiger partial charge in [-0.25, -0.2) is 32.1 Å². The molecule has 0 saturated heterocycles. The molecule has 1 unspecified atom stereocenters. The number of carbonyl (C=O) groups is 1. The third kappa shape index (κ3) is 4.68. The lowest BCUT2D eigenvalue weighted by Gasteiger charge is -2.46. The van der Waals surface area contributed by atoms with E-state index in [4.69, 9.17) is 21.9 Å². The Bertz CT molecular complexity index is 1620. The van der Waals surface area contributed by atoms with Crippen LogP contribution in [0.15, 0.2) is 50.5 Å². The second-order valence-corrected chi connectivity index (χ2v) is 12.4. The van der Waals surface area contributed by atoms with Crippen LogP contribution in [0.5, 0.6) is 0 Å². The quantitative estimate of drug-likeness (QED) is 0.331. The molecule has 2 N–H and O–H groups in total. The van der Waals surface area contributed by atoms with Gasteiger partial charge in [0.2, 0.25) is 5.44 Å². The Balaban J connectivity index is 1.93. The highest BCUT2D eigenvalue weighted by molar-refractivity contribution is 7.96. The van der Waals surface area contributed by atoms with Gasteiger partial charge >= 0.3 is 12.1 Å². The summed E-state index contributed by atoms with van der Waals surface area (Å²) in [4.78, 5) is 23.9. The summed E-state index contributed by atoms with van der Waals surface area (Å²) in [5.74, 6) is -4.37. The van der Waals surface area contributed by atoms with E-state index in [0.717, 1.165) is 19.2 Å². The van der Waals surface area contributed by atoms with Gasteiger partial charge in [-0.3, -0.25) is 4.99 Å². The Morgan fingerprint density at radius 2 is 1.90 bits per heavy atom. The molecule has 1 aliphatic heterocycles. The van der Waals surface area contributed by atoms with Crippen molar-refractivity contribution in [3.05, 3.63) is 53.1 Å². The number of hydrogen-bond acceptors (Lipinski definition) is 10.